The van der Waals surface area contributed by atoms with Crippen LogP contribution in [0.5, 0.6) is 0 Å². The molecule has 2 aromatic rings. The van der Waals surface area contributed by atoms with Gasteiger partial charge in [-0.05, 0) is 47.4 Å². The Kier molecular flexibility index (Phi) is 5.46. The second-order valence-corrected chi connectivity index (χ2v) is 7.52. The number of rotatable bonds is 5. The van der Waals surface area contributed by atoms with E-state index in [0.29, 0.717) is 12.6 Å². The molecule has 0 spiro atoms. The van der Waals surface area contributed by atoms with E-state index in [9.17, 15) is 4.79 Å². The fourth-order valence-corrected chi connectivity index (χ4v) is 3.35. The Balaban J connectivity index is 1.75. The summed E-state index contributed by atoms with van der Waals surface area (Å²) in [7, 11) is 6.09. The molecule has 0 aliphatic carbocycles. The summed E-state index contributed by atoms with van der Waals surface area (Å²) < 4.78 is 1.79. The van der Waals surface area contributed by atoms with Crippen molar-refractivity contribution in [3.05, 3.63) is 34.5 Å². The fourth-order valence-electron chi connectivity index (χ4n) is 3.35. The molecule has 1 N–H and O–H groups in total. The zero-order valence-corrected chi connectivity index (χ0v) is 17.1. The largest absolute Gasteiger partial charge is 0.355 e. The highest BCUT2D eigenvalue weighted by Crippen LogP contribution is 2.25. The summed E-state index contributed by atoms with van der Waals surface area (Å²) in [5.41, 5.74) is 3.74. The van der Waals surface area contributed by atoms with Gasteiger partial charge in [0, 0.05) is 43.1 Å². The van der Waals surface area contributed by atoms with Crippen LogP contribution in [0.2, 0.25) is 0 Å². The fraction of sp³-hybridized carbons (Fsp3) is 0.579. The van der Waals surface area contributed by atoms with Gasteiger partial charge in [-0.3, -0.25) is 9.48 Å². The van der Waals surface area contributed by atoms with Gasteiger partial charge < -0.3 is 15.1 Å². The van der Waals surface area contributed by atoms with Gasteiger partial charge in [-0.25, -0.2) is 9.97 Å². The number of amides is 1. The maximum atomic E-state index is 12.6. The van der Waals surface area contributed by atoms with Gasteiger partial charge in [0.2, 0.25) is 5.82 Å². The molecule has 2 aromatic heterocycles. The lowest BCUT2D eigenvalue weighted by Gasteiger charge is -2.23. The first-order valence-corrected chi connectivity index (χ1v) is 9.30. The Labute approximate surface area is 160 Å². The molecule has 27 heavy (non-hydrogen) atoms. The Morgan fingerprint density at radius 3 is 2.63 bits per heavy atom. The molecular formula is C19H29N7O. The van der Waals surface area contributed by atoms with Crippen molar-refractivity contribution in [2.24, 2.45) is 7.05 Å². The summed E-state index contributed by atoms with van der Waals surface area (Å²) >= 11 is 0. The van der Waals surface area contributed by atoms with Gasteiger partial charge in [-0.2, -0.15) is 5.10 Å². The number of nitrogens with zero attached hydrogens (tertiary/aromatic N) is 6. The van der Waals surface area contributed by atoms with Crippen LogP contribution in [0.25, 0.3) is 0 Å². The molecule has 1 aliphatic rings. The van der Waals surface area contributed by atoms with Crippen LogP contribution in [-0.2, 0) is 13.6 Å². The van der Waals surface area contributed by atoms with Crippen LogP contribution >= 0.6 is 0 Å². The average molecular weight is 371 g/mol. The number of hydrogen-bond donors (Lipinski definition) is 1. The standard InChI is InChI=1S/C19H29N7O/c1-12-9-15(23-25(12)6)10-20-19(27)17-21-14(3)13(2)18(22-17)26-8-7-16(11-26)24(4)5/h9,16H,7-8,10-11H2,1-6H3,(H,20,27)/t16-/m1/s1. The van der Waals surface area contributed by atoms with Crippen molar-refractivity contribution in [2.75, 3.05) is 32.1 Å². The first kappa shape index (κ1) is 19.3. The van der Waals surface area contributed by atoms with Crippen molar-refractivity contribution in [3.8, 4) is 0 Å². The van der Waals surface area contributed by atoms with Crippen molar-refractivity contribution in [1.29, 1.82) is 0 Å². The summed E-state index contributed by atoms with van der Waals surface area (Å²) in [6, 6.07) is 2.46. The van der Waals surface area contributed by atoms with E-state index in [1.807, 2.05) is 33.9 Å². The summed E-state index contributed by atoms with van der Waals surface area (Å²) in [6.45, 7) is 8.14. The zero-order valence-electron chi connectivity index (χ0n) is 17.1. The second-order valence-electron chi connectivity index (χ2n) is 7.52. The molecule has 8 nitrogen and oxygen atoms in total. The number of carbonyl (C=O) groups is 1. The van der Waals surface area contributed by atoms with Crippen LogP contribution in [0.1, 0.15) is 39.7 Å². The minimum absolute atomic E-state index is 0.217. The smallest absolute Gasteiger partial charge is 0.289 e. The van der Waals surface area contributed by atoms with E-state index >= 15 is 0 Å². The van der Waals surface area contributed by atoms with Gasteiger partial charge in [0.05, 0.1) is 12.2 Å². The van der Waals surface area contributed by atoms with Crippen molar-refractivity contribution >= 4 is 11.7 Å². The van der Waals surface area contributed by atoms with Crippen LogP contribution < -0.4 is 10.2 Å². The first-order chi connectivity index (χ1) is 12.8. The highest BCUT2D eigenvalue weighted by Gasteiger charge is 2.27. The molecule has 3 rings (SSSR count). The van der Waals surface area contributed by atoms with E-state index < -0.39 is 0 Å². The van der Waals surface area contributed by atoms with E-state index in [4.69, 9.17) is 0 Å². The van der Waals surface area contributed by atoms with Crippen molar-refractivity contribution < 1.29 is 4.79 Å². The molecule has 0 bridgehead atoms. The van der Waals surface area contributed by atoms with Gasteiger partial charge in [-0.15, -0.1) is 0 Å². The van der Waals surface area contributed by atoms with Crippen molar-refractivity contribution in [1.82, 2.24) is 30.0 Å². The molecule has 8 heteroatoms. The lowest BCUT2D eigenvalue weighted by atomic mass is 10.2. The van der Waals surface area contributed by atoms with Gasteiger partial charge in [0.1, 0.15) is 5.82 Å². The van der Waals surface area contributed by atoms with Crippen molar-refractivity contribution in [2.45, 2.75) is 39.8 Å². The number of aromatic nitrogens is 4. The molecule has 1 atom stereocenters. The molecule has 1 fully saturated rings. The molecule has 1 amide bonds. The van der Waals surface area contributed by atoms with Crippen LogP contribution in [0.3, 0.4) is 0 Å². The van der Waals surface area contributed by atoms with E-state index in [1.54, 1.807) is 4.68 Å². The molecule has 146 valence electrons. The highest BCUT2D eigenvalue weighted by atomic mass is 16.2. The molecular weight excluding hydrogens is 342 g/mol. The minimum atomic E-state index is -0.272. The van der Waals surface area contributed by atoms with E-state index in [0.717, 1.165) is 48.0 Å². The summed E-state index contributed by atoms with van der Waals surface area (Å²) in [5.74, 6) is 0.811. The number of nitrogens with one attached hydrogen (secondary N) is 1. The van der Waals surface area contributed by atoms with E-state index in [-0.39, 0.29) is 11.7 Å². The van der Waals surface area contributed by atoms with Gasteiger partial charge in [0.25, 0.3) is 5.91 Å². The SMILES string of the molecule is Cc1nc(C(=O)NCc2cc(C)n(C)n2)nc(N2CC[C@@H](N(C)C)C2)c1C. The highest BCUT2D eigenvalue weighted by molar-refractivity contribution is 5.90. The second kappa shape index (κ2) is 7.64. The first-order valence-electron chi connectivity index (χ1n) is 9.30. The molecule has 0 radical (unpaired) electrons. The van der Waals surface area contributed by atoms with Crippen LogP contribution in [0.4, 0.5) is 5.82 Å². The Morgan fingerprint density at radius 2 is 2.04 bits per heavy atom. The number of anilines is 1. The van der Waals surface area contributed by atoms with Crippen LogP contribution in [-0.4, -0.2) is 63.8 Å². The summed E-state index contributed by atoms with van der Waals surface area (Å²) in [6.07, 6.45) is 1.09. The van der Waals surface area contributed by atoms with Crippen LogP contribution in [0, 0.1) is 20.8 Å². The van der Waals surface area contributed by atoms with Gasteiger partial charge in [0.15, 0.2) is 0 Å². The number of hydrogen-bond acceptors (Lipinski definition) is 6. The predicted octanol–water partition coefficient (Wildman–Crippen LogP) is 1.21. The normalized spacial score (nSPS) is 17.0. The van der Waals surface area contributed by atoms with Gasteiger partial charge >= 0.3 is 0 Å². The molecule has 0 saturated carbocycles. The predicted molar refractivity (Wildman–Crippen MR) is 105 cm³/mol. The lowest BCUT2D eigenvalue weighted by Crippen LogP contribution is -2.33. The monoisotopic (exact) mass is 371 g/mol. The number of aryl methyl sites for hydroxylation is 3. The van der Waals surface area contributed by atoms with E-state index in [2.05, 4.69) is 44.3 Å². The van der Waals surface area contributed by atoms with E-state index in [1.165, 1.54) is 0 Å². The Hall–Kier alpha value is -2.48. The summed E-state index contributed by atoms with van der Waals surface area (Å²) in [5, 5.41) is 7.24. The maximum Gasteiger partial charge on any atom is 0.289 e. The maximum absolute atomic E-state index is 12.6. The molecule has 0 unspecified atom stereocenters. The lowest BCUT2D eigenvalue weighted by molar-refractivity contribution is 0.0939. The van der Waals surface area contributed by atoms with Crippen LogP contribution in [0.15, 0.2) is 6.07 Å². The number of likely N-dealkylation sites (N-methyl/N-ethyl adjacent to an activating group) is 1. The minimum Gasteiger partial charge on any atom is -0.355 e. The van der Waals surface area contributed by atoms with Crippen molar-refractivity contribution in [3.63, 3.8) is 0 Å². The molecule has 1 saturated heterocycles. The molecule has 1 aliphatic heterocycles. The third-order valence-electron chi connectivity index (χ3n) is 5.35. The molecule has 0 aromatic carbocycles. The summed E-state index contributed by atoms with van der Waals surface area (Å²) in [4.78, 5) is 26.1. The Morgan fingerprint density at radius 1 is 1.30 bits per heavy atom. The number of carbonyl (C=O) groups excluding carboxylic acids is 1. The quantitative estimate of drug-likeness (QED) is 0.851. The van der Waals surface area contributed by atoms with Gasteiger partial charge in [-0.1, -0.05) is 0 Å². The topological polar surface area (TPSA) is 79.2 Å². The zero-order chi connectivity index (χ0) is 19.7. The third kappa shape index (κ3) is 4.10. The third-order valence-corrected chi connectivity index (χ3v) is 5.35. The average Bonchev–Trinajstić information content (AvgIpc) is 3.22. The Bertz CT molecular complexity index is 823. The molecule has 3 heterocycles.